The van der Waals surface area contributed by atoms with Crippen LogP contribution in [0.5, 0.6) is 0 Å². The molecule has 0 aliphatic heterocycles. The maximum atomic E-state index is 6.25. The highest BCUT2D eigenvalue weighted by Gasteiger charge is 2.19. The summed E-state index contributed by atoms with van der Waals surface area (Å²) in [7, 11) is 0. The third-order valence-electron chi connectivity index (χ3n) is 9.43. The minimum atomic E-state index is 0.920. The average molecular weight is 618 g/mol. The fourth-order valence-corrected chi connectivity index (χ4v) is 8.33. The van der Waals surface area contributed by atoms with Crippen LogP contribution in [0.1, 0.15) is 0 Å². The van der Waals surface area contributed by atoms with Gasteiger partial charge in [0.25, 0.3) is 0 Å². The van der Waals surface area contributed by atoms with Gasteiger partial charge in [0.05, 0.1) is 5.69 Å². The molecule has 0 saturated heterocycles. The van der Waals surface area contributed by atoms with Crippen LogP contribution in [0.15, 0.2) is 168 Å². The van der Waals surface area contributed by atoms with Gasteiger partial charge in [0.15, 0.2) is 0 Å². The summed E-state index contributed by atoms with van der Waals surface area (Å²) in [5.74, 6) is 0. The molecule has 2 heterocycles. The molecule has 0 radical (unpaired) electrons. The summed E-state index contributed by atoms with van der Waals surface area (Å²) in [5, 5.41) is 9.70. The van der Waals surface area contributed by atoms with E-state index >= 15 is 0 Å². The first-order valence-electron chi connectivity index (χ1n) is 15.9. The van der Waals surface area contributed by atoms with E-state index in [4.69, 9.17) is 4.42 Å². The number of fused-ring (bicyclic) bond motifs is 9. The van der Waals surface area contributed by atoms with Crippen LogP contribution in [0.4, 0.5) is 17.1 Å². The van der Waals surface area contributed by atoms with Crippen molar-refractivity contribution >= 4 is 92.1 Å². The first kappa shape index (κ1) is 26.3. The molecule has 0 saturated carbocycles. The van der Waals surface area contributed by atoms with Gasteiger partial charge in [0, 0.05) is 42.3 Å². The van der Waals surface area contributed by atoms with Gasteiger partial charge in [0.1, 0.15) is 11.2 Å². The summed E-state index contributed by atoms with van der Waals surface area (Å²) in [4.78, 5) is 2.43. The molecule has 47 heavy (non-hydrogen) atoms. The molecule has 0 atom stereocenters. The Hall–Kier alpha value is -5.90. The van der Waals surface area contributed by atoms with Gasteiger partial charge in [0.2, 0.25) is 0 Å². The van der Waals surface area contributed by atoms with Crippen LogP contribution in [-0.2, 0) is 0 Å². The quantitative estimate of drug-likeness (QED) is 0.183. The maximum absolute atomic E-state index is 6.25. The molecule has 0 fully saturated rings. The van der Waals surface area contributed by atoms with Crippen LogP contribution >= 0.6 is 11.3 Å². The van der Waals surface area contributed by atoms with Crippen molar-refractivity contribution in [3.8, 4) is 11.1 Å². The lowest BCUT2D eigenvalue weighted by Crippen LogP contribution is -2.10. The van der Waals surface area contributed by atoms with Crippen LogP contribution < -0.4 is 4.90 Å². The van der Waals surface area contributed by atoms with E-state index in [9.17, 15) is 0 Å². The Bertz CT molecular complexity index is 2790. The Balaban J connectivity index is 1.23. The predicted octanol–water partition coefficient (Wildman–Crippen LogP) is 13.4. The lowest BCUT2D eigenvalue weighted by molar-refractivity contribution is 0.669. The van der Waals surface area contributed by atoms with E-state index in [0.717, 1.165) is 33.3 Å². The van der Waals surface area contributed by atoms with Crippen LogP contribution in [0.25, 0.3) is 74.8 Å². The standard InChI is InChI=1S/C44H27NOS/c1-2-9-28(10-3-1)29-19-22-32(23-20-29)45(39-13-8-16-43-44(39)35-12-5-7-15-42(35)47-43)33-24-21-30-17-18-31-25-41-38(27-37(31)36(30)26-33)34-11-4-6-14-40(34)46-41/h1-27H. The molecule has 10 rings (SSSR count). The second kappa shape index (κ2) is 10.3. The summed E-state index contributed by atoms with van der Waals surface area (Å²) in [5.41, 5.74) is 7.68. The van der Waals surface area contributed by atoms with Crippen molar-refractivity contribution in [1.82, 2.24) is 0 Å². The minimum absolute atomic E-state index is 0.920. The van der Waals surface area contributed by atoms with Crippen molar-refractivity contribution in [2.24, 2.45) is 0 Å². The average Bonchev–Trinajstić information content (AvgIpc) is 3.70. The zero-order valence-corrected chi connectivity index (χ0v) is 26.2. The van der Waals surface area contributed by atoms with Crippen molar-refractivity contribution in [2.45, 2.75) is 0 Å². The fraction of sp³-hybridized carbons (Fsp3) is 0. The number of anilines is 3. The molecule has 220 valence electrons. The van der Waals surface area contributed by atoms with E-state index in [-0.39, 0.29) is 0 Å². The topological polar surface area (TPSA) is 16.4 Å². The summed E-state index contributed by atoms with van der Waals surface area (Å²) in [6.07, 6.45) is 0. The van der Waals surface area contributed by atoms with E-state index in [1.165, 1.54) is 58.5 Å². The SMILES string of the molecule is c1ccc(-c2ccc(N(c3ccc4ccc5cc6oc7ccccc7c6cc5c4c3)c3cccc4sc5ccccc5c34)cc2)cc1. The lowest BCUT2D eigenvalue weighted by Gasteiger charge is -2.27. The van der Waals surface area contributed by atoms with Gasteiger partial charge in [-0.05, 0) is 93.3 Å². The van der Waals surface area contributed by atoms with E-state index in [1.807, 2.05) is 23.5 Å². The van der Waals surface area contributed by atoms with Gasteiger partial charge in [-0.3, -0.25) is 0 Å². The van der Waals surface area contributed by atoms with E-state index < -0.39 is 0 Å². The number of hydrogen-bond acceptors (Lipinski definition) is 3. The molecule has 10 aromatic rings. The zero-order valence-electron chi connectivity index (χ0n) is 25.4. The van der Waals surface area contributed by atoms with Crippen LogP contribution in [0.3, 0.4) is 0 Å². The van der Waals surface area contributed by atoms with Crippen molar-refractivity contribution < 1.29 is 4.42 Å². The molecule has 0 aliphatic rings. The smallest absolute Gasteiger partial charge is 0.136 e. The van der Waals surface area contributed by atoms with Gasteiger partial charge in [-0.15, -0.1) is 11.3 Å². The molecular weight excluding hydrogens is 591 g/mol. The highest BCUT2D eigenvalue weighted by atomic mass is 32.1. The van der Waals surface area contributed by atoms with Gasteiger partial charge in [-0.2, -0.15) is 0 Å². The van der Waals surface area contributed by atoms with Gasteiger partial charge in [-0.25, -0.2) is 0 Å². The Morgan fingerprint density at radius 3 is 1.98 bits per heavy atom. The number of thiophene rings is 1. The molecule has 2 aromatic heterocycles. The molecule has 0 aliphatic carbocycles. The zero-order chi connectivity index (χ0) is 30.9. The van der Waals surface area contributed by atoms with Gasteiger partial charge < -0.3 is 9.32 Å². The van der Waals surface area contributed by atoms with Crippen molar-refractivity contribution in [2.75, 3.05) is 4.90 Å². The highest BCUT2D eigenvalue weighted by Crippen LogP contribution is 2.46. The molecule has 3 heteroatoms. The Labute approximate surface area is 275 Å². The number of para-hydroxylation sites is 1. The van der Waals surface area contributed by atoms with E-state index in [0.29, 0.717) is 0 Å². The first-order chi connectivity index (χ1) is 23.3. The number of benzene rings is 8. The van der Waals surface area contributed by atoms with Crippen LogP contribution in [-0.4, -0.2) is 0 Å². The van der Waals surface area contributed by atoms with E-state index in [1.54, 1.807) is 0 Å². The third-order valence-corrected chi connectivity index (χ3v) is 10.6. The number of hydrogen-bond donors (Lipinski definition) is 0. The number of rotatable bonds is 4. The third kappa shape index (κ3) is 4.17. The number of furan rings is 1. The van der Waals surface area contributed by atoms with Crippen molar-refractivity contribution in [1.29, 1.82) is 0 Å². The second-order valence-electron chi connectivity index (χ2n) is 12.1. The Morgan fingerprint density at radius 1 is 0.404 bits per heavy atom. The maximum Gasteiger partial charge on any atom is 0.136 e. The summed E-state index contributed by atoms with van der Waals surface area (Å²) < 4.78 is 8.84. The molecule has 0 bridgehead atoms. The molecular formula is C44H27NOS. The monoisotopic (exact) mass is 617 g/mol. The molecule has 0 amide bonds. The first-order valence-corrected chi connectivity index (χ1v) is 16.7. The lowest BCUT2D eigenvalue weighted by atomic mass is 9.98. The second-order valence-corrected chi connectivity index (χ2v) is 13.2. The molecule has 0 N–H and O–H groups in total. The van der Waals surface area contributed by atoms with Crippen LogP contribution in [0, 0.1) is 0 Å². The Kier molecular flexibility index (Phi) is 5.78. The minimum Gasteiger partial charge on any atom is -0.456 e. The summed E-state index contributed by atoms with van der Waals surface area (Å²) >= 11 is 1.86. The molecule has 2 nitrogen and oxygen atoms in total. The summed E-state index contributed by atoms with van der Waals surface area (Å²) in [6.45, 7) is 0. The normalized spacial score (nSPS) is 11.8. The van der Waals surface area contributed by atoms with Crippen LogP contribution in [0.2, 0.25) is 0 Å². The van der Waals surface area contributed by atoms with Gasteiger partial charge in [-0.1, -0.05) is 103 Å². The van der Waals surface area contributed by atoms with E-state index in [2.05, 4.69) is 157 Å². The largest absolute Gasteiger partial charge is 0.456 e. The molecule has 0 spiro atoms. The fourth-order valence-electron chi connectivity index (χ4n) is 7.20. The molecule has 8 aromatic carbocycles. The van der Waals surface area contributed by atoms with Crippen molar-refractivity contribution in [3.05, 3.63) is 164 Å². The highest BCUT2D eigenvalue weighted by molar-refractivity contribution is 7.26. The van der Waals surface area contributed by atoms with Crippen molar-refractivity contribution in [3.63, 3.8) is 0 Å². The van der Waals surface area contributed by atoms with Gasteiger partial charge >= 0.3 is 0 Å². The number of nitrogens with zero attached hydrogens (tertiary/aromatic N) is 1. The predicted molar refractivity (Wildman–Crippen MR) is 202 cm³/mol. The Morgan fingerprint density at radius 2 is 1.09 bits per heavy atom. The molecule has 0 unspecified atom stereocenters. The summed E-state index contributed by atoms with van der Waals surface area (Å²) in [6, 6.07) is 59.2.